The number of benzene rings is 2. The number of halogens is 3. The van der Waals surface area contributed by atoms with E-state index in [4.69, 9.17) is 4.74 Å². The van der Waals surface area contributed by atoms with Crippen LogP contribution in [0, 0.1) is 0 Å². The molecular formula is C15H13BrF2O. The summed E-state index contributed by atoms with van der Waals surface area (Å²) < 4.78 is 32.9. The summed E-state index contributed by atoms with van der Waals surface area (Å²) in [5.74, 6) is -2.55. The van der Waals surface area contributed by atoms with Crippen LogP contribution < -0.4 is 4.74 Å². The summed E-state index contributed by atoms with van der Waals surface area (Å²) in [6, 6.07) is 14.8. The number of hydrogen-bond donors (Lipinski definition) is 0. The molecule has 4 heteroatoms. The van der Waals surface area contributed by atoms with Gasteiger partial charge < -0.3 is 4.74 Å². The minimum atomic E-state index is -2.99. The lowest BCUT2D eigenvalue weighted by Crippen LogP contribution is -2.23. The van der Waals surface area contributed by atoms with Crippen molar-refractivity contribution in [1.82, 2.24) is 0 Å². The van der Waals surface area contributed by atoms with Gasteiger partial charge in [0.15, 0.2) is 6.61 Å². The fourth-order valence-electron chi connectivity index (χ4n) is 1.61. The van der Waals surface area contributed by atoms with Crippen molar-refractivity contribution in [2.75, 3.05) is 6.61 Å². The van der Waals surface area contributed by atoms with Gasteiger partial charge in [0.2, 0.25) is 0 Å². The van der Waals surface area contributed by atoms with Crippen LogP contribution in [-0.4, -0.2) is 6.61 Å². The van der Waals surface area contributed by atoms with Gasteiger partial charge in [0, 0.05) is 10.9 Å². The van der Waals surface area contributed by atoms with Crippen molar-refractivity contribution in [3.63, 3.8) is 0 Å². The molecule has 0 saturated heterocycles. The van der Waals surface area contributed by atoms with Crippen LogP contribution in [0.2, 0.25) is 0 Å². The van der Waals surface area contributed by atoms with Gasteiger partial charge in [0.1, 0.15) is 5.75 Å². The zero-order valence-corrected chi connectivity index (χ0v) is 11.7. The molecule has 0 amide bonds. The molecule has 2 aromatic rings. The van der Waals surface area contributed by atoms with E-state index in [9.17, 15) is 8.78 Å². The number of hydrogen-bond acceptors (Lipinski definition) is 1. The zero-order chi connectivity index (χ0) is 13.7. The minimum absolute atomic E-state index is 0.0351. The Morgan fingerprint density at radius 2 is 1.58 bits per heavy atom. The predicted molar refractivity (Wildman–Crippen MR) is 74.9 cm³/mol. The topological polar surface area (TPSA) is 9.23 Å². The summed E-state index contributed by atoms with van der Waals surface area (Å²) in [6.45, 7) is -0.662. The second-order valence-corrected chi connectivity index (χ2v) is 4.70. The third-order valence-corrected chi connectivity index (χ3v) is 3.34. The molecule has 0 aromatic heterocycles. The Morgan fingerprint density at radius 3 is 2.16 bits per heavy atom. The van der Waals surface area contributed by atoms with Crippen LogP contribution in [0.25, 0.3) is 0 Å². The third kappa shape index (κ3) is 3.77. The monoisotopic (exact) mass is 326 g/mol. The summed E-state index contributed by atoms with van der Waals surface area (Å²) in [7, 11) is 0. The Bertz CT molecular complexity index is 511. The van der Waals surface area contributed by atoms with Gasteiger partial charge >= 0.3 is 5.92 Å². The van der Waals surface area contributed by atoms with Gasteiger partial charge in [-0.15, -0.1) is 0 Å². The highest BCUT2D eigenvalue weighted by atomic mass is 79.9. The Kier molecular flexibility index (Phi) is 4.53. The van der Waals surface area contributed by atoms with Crippen molar-refractivity contribution < 1.29 is 13.5 Å². The number of rotatable bonds is 5. The standard InChI is InChI=1S/C15H13BrF2O/c16-10-12-6-8-14(9-7-12)19-11-15(17,18)13-4-2-1-3-5-13/h1-9H,10-11H2. The Morgan fingerprint density at radius 1 is 0.947 bits per heavy atom. The van der Waals surface area contributed by atoms with Crippen molar-refractivity contribution in [2.24, 2.45) is 0 Å². The first-order chi connectivity index (χ1) is 9.12. The fraction of sp³-hybridized carbons (Fsp3) is 0.200. The molecular weight excluding hydrogens is 314 g/mol. The van der Waals surface area contributed by atoms with Crippen molar-refractivity contribution in [3.8, 4) is 5.75 Å². The Hall–Kier alpha value is -1.42. The number of alkyl halides is 3. The third-order valence-electron chi connectivity index (χ3n) is 2.69. The molecule has 2 rings (SSSR count). The highest BCUT2D eigenvalue weighted by Gasteiger charge is 2.32. The molecule has 0 aliphatic heterocycles. The summed E-state index contributed by atoms with van der Waals surface area (Å²) in [5.41, 5.74) is 1.04. The summed E-state index contributed by atoms with van der Waals surface area (Å²) in [4.78, 5) is 0. The van der Waals surface area contributed by atoms with Gasteiger partial charge in [-0.3, -0.25) is 0 Å². The molecule has 0 atom stereocenters. The first-order valence-electron chi connectivity index (χ1n) is 5.83. The van der Waals surface area contributed by atoms with E-state index in [2.05, 4.69) is 15.9 Å². The summed E-state index contributed by atoms with van der Waals surface area (Å²) in [6.07, 6.45) is 0. The molecule has 1 nitrogen and oxygen atoms in total. The first kappa shape index (κ1) is 14.0. The maximum absolute atomic E-state index is 13.9. The maximum Gasteiger partial charge on any atom is 0.306 e. The second-order valence-electron chi connectivity index (χ2n) is 4.14. The van der Waals surface area contributed by atoms with E-state index in [1.807, 2.05) is 12.1 Å². The van der Waals surface area contributed by atoms with E-state index in [-0.39, 0.29) is 5.56 Å². The lowest BCUT2D eigenvalue weighted by molar-refractivity contribution is -0.0467. The van der Waals surface area contributed by atoms with E-state index in [1.165, 1.54) is 12.1 Å². The van der Waals surface area contributed by atoms with Gasteiger partial charge in [-0.25, -0.2) is 0 Å². The molecule has 0 aliphatic rings. The summed E-state index contributed by atoms with van der Waals surface area (Å²) >= 11 is 3.32. The van der Waals surface area contributed by atoms with Gasteiger partial charge in [0.05, 0.1) is 0 Å². The molecule has 0 unspecified atom stereocenters. The average Bonchev–Trinajstić information content (AvgIpc) is 2.47. The normalized spacial score (nSPS) is 11.3. The highest BCUT2D eigenvalue weighted by Crippen LogP contribution is 2.28. The van der Waals surface area contributed by atoms with E-state index >= 15 is 0 Å². The molecule has 0 radical (unpaired) electrons. The molecule has 0 fully saturated rings. The lowest BCUT2D eigenvalue weighted by atomic mass is 10.1. The van der Waals surface area contributed by atoms with E-state index in [0.29, 0.717) is 5.75 Å². The molecule has 0 bridgehead atoms. The van der Waals surface area contributed by atoms with E-state index in [0.717, 1.165) is 10.9 Å². The van der Waals surface area contributed by atoms with Crippen molar-refractivity contribution in [3.05, 3.63) is 65.7 Å². The van der Waals surface area contributed by atoms with Gasteiger partial charge in [-0.05, 0) is 17.7 Å². The largest absolute Gasteiger partial charge is 0.487 e. The van der Waals surface area contributed by atoms with Crippen LogP contribution in [0.1, 0.15) is 11.1 Å². The van der Waals surface area contributed by atoms with E-state index in [1.54, 1.807) is 30.3 Å². The second kappa shape index (κ2) is 6.15. The van der Waals surface area contributed by atoms with Crippen molar-refractivity contribution >= 4 is 15.9 Å². The van der Waals surface area contributed by atoms with Crippen LogP contribution in [0.3, 0.4) is 0 Å². The van der Waals surface area contributed by atoms with Crippen molar-refractivity contribution in [1.29, 1.82) is 0 Å². The molecule has 100 valence electrons. The quantitative estimate of drug-likeness (QED) is 0.720. The van der Waals surface area contributed by atoms with Gasteiger partial charge in [0.25, 0.3) is 0 Å². The minimum Gasteiger partial charge on any atom is -0.487 e. The van der Waals surface area contributed by atoms with Crippen LogP contribution in [0.15, 0.2) is 54.6 Å². The molecule has 0 heterocycles. The molecule has 0 saturated carbocycles. The number of ether oxygens (including phenoxy) is 1. The Labute approximate surface area is 119 Å². The molecule has 0 spiro atoms. The van der Waals surface area contributed by atoms with Crippen molar-refractivity contribution in [2.45, 2.75) is 11.3 Å². The molecule has 0 aliphatic carbocycles. The van der Waals surface area contributed by atoms with E-state index < -0.39 is 12.5 Å². The zero-order valence-electron chi connectivity index (χ0n) is 10.2. The summed E-state index contributed by atoms with van der Waals surface area (Å²) in [5, 5.41) is 0.730. The molecule has 0 N–H and O–H groups in total. The molecule has 19 heavy (non-hydrogen) atoms. The SMILES string of the molecule is FC(F)(COc1ccc(CBr)cc1)c1ccccc1. The smallest absolute Gasteiger partial charge is 0.306 e. The van der Waals surface area contributed by atoms with Crippen LogP contribution in [-0.2, 0) is 11.3 Å². The highest BCUT2D eigenvalue weighted by molar-refractivity contribution is 9.08. The Balaban J connectivity index is 2.01. The average molecular weight is 327 g/mol. The van der Waals surface area contributed by atoms with Crippen LogP contribution in [0.5, 0.6) is 5.75 Å². The maximum atomic E-state index is 13.9. The van der Waals surface area contributed by atoms with Crippen LogP contribution >= 0.6 is 15.9 Å². The van der Waals surface area contributed by atoms with Crippen LogP contribution in [0.4, 0.5) is 8.78 Å². The fourth-order valence-corrected chi connectivity index (χ4v) is 1.99. The predicted octanol–water partition coefficient (Wildman–Crippen LogP) is 4.75. The van der Waals surface area contributed by atoms with Gasteiger partial charge in [-0.2, -0.15) is 8.78 Å². The van der Waals surface area contributed by atoms with Gasteiger partial charge in [-0.1, -0.05) is 58.4 Å². The first-order valence-corrected chi connectivity index (χ1v) is 6.95. The lowest BCUT2D eigenvalue weighted by Gasteiger charge is -2.17. The molecule has 2 aromatic carbocycles.